The Bertz CT molecular complexity index is 235. The van der Waals surface area contributed by atoms with E-state index in [1.165, 1.54) is 6.42 Å². The summed E-state index contributed by atoms with van der Waals surface area (Å²) < 4.78 is 5.21. The van der Waals surface area contributed by atoms with Gasteiger partial charge in [-0.2, -0.15) is 0 Å². The van der Waals surface area contributed by atoms with Crippen LogP contribution < -0.4 is 5.32 Å². The molecule has 1 aliphatic rings. The van der Waals surface area contributed by atoms with Gasteiger partial charge in [-0.25, -0.2) is 0 Å². The number of ether oxygens (including phenoxy) is 1. The largest absolute Gasteiger partial charge is 0.383 e. The molecule has 1 unspecified atom stereocenters. The maximum Gasteiger partial charge on any atom is 0.156 e. The van der Waals surface area contributed by atoms with Crippen LogP contribution in [-0.2, 0) is 4.74 Å². The fraction of sp³-hybridized carbons (Fsp3) is 0.917. The lowest BCUT2D eigenvalue weighted by molar-refractivity contribution is 0.170. The van der Waals surface area contributed by atoms with Gasteiger partial charge in [0.15, 0.2) is 5.17 Å². The van der Waals surface area contributed by atoms with Crippen LogP contribution in [0, 0.1) is 5.41 Å². The zero-order valence-electron chi connectivity index (χ0n) is 10.9. The summed E-state index contributed by atoms with van der Waals surface area (Å²) >= 11 is 1.83. The van der Waals surface area contributed by atoms with Crippen LogP contribution in [-0.4, -0.2) is 37.2 Å². The van der Waals surface area contributed by atoms with Gasteiger partial charge in [0.2, 0.25) is 0 Å². The van der Waals surface area contributed by atoms with E-state index in [0.29, 0.717) is 11.5 Å². The topological polar surface area (TPSA) is 33.6 Å². The van der Waals surface area contributed by atoms with Gasteiger partial charge in [-0.3, -0.25) is 4.99 Å². The van der Waals surface area contributed by atoms with Gasteiger partial charge in [0.1, 0.15) is 0 Å². The van der Waals surface area contributed by atoms with Crippen LogP contribution in [0.25, 0.3) is 0 Å². The molecule has 1 rings (SSSR count). The molecule has 0 aromatic carbocycles. The van der Waals surface area contributed by atoms with E-state index in [0.717, 1.165) is 30.5 Å². The number of aliphatic imine (C=N–C) groups is 1. The van der Waals surface area contributed by atoms with Crippen molar-refractivity contribution in [3.8, 4) is 0 Å². The quantitative estimate of drug-likeness (QED) is 0.807. The minimum atomic E-state index is 0.345. The Balaban J connectivity index is 2.43. The lowest BCUT2D eigenvalue weighted by atomic mass is 9.97. The number of hydrogen-bond acceptors (Lipinski definition) is 4. The van der Waals surface area contributed by atoms with Crippen molar-refractivity contribution >= 4 is 16.9 Å². The van der Waals surface area contributed by atoms with Gasteiger partial charge in [-0.1, -0.05) is 39.0 Å². The molecule has 1 aliphatic heterocycles. The number of amidine groups is 1. The van der Waals surface area contributed by atoms with Crippen LogP contribution in [0.2, 0.25) is 0 Å². The highest BCUT2D eigenvalue weighted by atomic mass is 32.2. The average molecular weight is 244 g/mol. The Kier molecular flexibility index (Phi) is 5.62. The first-order valence-electron chi connectivity index (χ1n) is 6.00. The predicted molar refractivity (Wildman–Crippen MR) is 72.2 cm³/mol. The first-order chi connectivity index (χ1) is 7.57. The molecule has 94 valence electrons. The second kappa shape index (κ2) is 6.50. The number of thioether (sulfide) groups is 1. The second-order valence-electron chi connectivity index (χ2n) is 5.16. The molecule has 16 heavy (non-hydrogen) atoms. The fourth-order valence-corrected chi connectivity index (χ4v) is 2.67. The summed E-state index contributed by atoms with van der Waals surface area (Å²) in [5.74, 6) is 1.14. The zero-order valence-corrected chi connectivity index (χ0v) is 11.7. The predicted octanol–water partition coefficient (Wildman–Crippen LogP) is 2.52. The van der Waals surface area contributed by atoms with E-state index in [2.05, 4.69) is 31.1 Å². The molecule has 0 fully saturated rings. The first-order valence-corrected chi connectivity index (χ1v) is 6.98. The maximum atomic E-state index is 5.21. The SMILES string of the molecule is CCCC(COC)NC1=NCC(C)(C)CS1. The molecule has 3 nitrogen and oxygen atoms in total. The Hall–Kier alpha value is -0.220. The van der Waals surface area contributed by atoms with Crippen LogP contribution in [0.4, 0.5) is 0 Å². The summed E-state index contributed by atoms with van der Waals surface area (Å²) in [4.78, 5) is 4.60. The summed E-state index contributed by atoms with van der Waals surface area (Å²) in [5.41, 5.74) is 0.345. The minimum absolute atomic E-state index is 0.345. The molecule has 0 bridgehead atoms. The average Bonchev–Trinajstić information content (AvgIpc) is 2.22. The summed E-state index contributed by atoms with van der Waals surface area (Å²) in [7, 11) is 1.75. The summed E-state index contributed by atoms with van der Waals surface area (Å²) in [6.07, 6.45) is 2.31. The molecular weight excluding hydrogens is 220 g/mol. The van der Waals surface area contributed by atoms with Crippen molar-refractivity contribution in [1.82, 2.24) is 5.32 Å². The van der Waals surface area contributed by atoms with Gasteiger partial charge in [0, 0.05) is 19.4 Å². The van der Waals surface area contributed by atoms with Crippen molar-refractivity contribution in [1.29, 1.82) is 0 Å². The molecule has 0 saturated carbocycles. The highest BCUT2D eigenvalue weighted by Crippen LogP contribution is 2.27. The first kappa shape index (κ1) is 13.8. The van der Waals surface area contributed by atoms with Gasteiger partial charge in [0.05, 0.1) is 12.6 Å². The molecule has 1 atom stereocenters. The summed E-state index contributed by atoms with van der Waals surface area (Å²) in [5, 5.41) is 4.58. The monoisotopic (exact) mass is 244 g/mol. The zero-order chi connectivity index (χ0) is 12.0. The van der Waals surface area contributed by atoms with Crippen LogP contribution in [0.3, 0.4) is 0 Å². The van der Waals surface area contributed by atoms with E-state index in [-0.39, 0.29) is 0 Å². The third-order valence-corrected chi connectivity index (χ3v) is 4.03. The standard InChI is InChI=1S/C12H24N2OS/c1-5-6-10(7-15-4)14-11-13-8-12(2,3)9-16-11/h10H,5-9H2,1-4H3,(H,13,14). The number of nitrogens with one attached hydrogen (secondary N) is 1. The van der Waals surface area contributed by atoms with E-state index in [1.54, 1.807) is 7.11 Å². The molecule has 1 heterocycles. The van der Waals surface area contributed by atoms with E-state index in [1.807, 2.05) is 11.8 Å². The molecule has 0 saturated heterocycles. The van der Waals surface area contributed by atoms with Crippen molar-refractivity contribution in [2.45, 2.75) is 39.7 Å². The van der Waals surface area contributed by atoms with E-state index in [4.69, 9.17) is 4.74 Å². The van der Waals surface area contributed by atoms with Crippen LogP contribution >= 0.6 is 11.8 Å². The lowest BCUT2D eigenvalue weighted by Crippen LogP contribution is -2.39. The van der Waals surface area contributed by atoms with E-state index >= 15 is 0 Å². The molecule has 0 aromatic heterocycles. The van der Waals surface area contributed by atoms with E-state index < -0.39 is 0 Å². The van der Waals surface area contributed by atoms with Crippen molar-refractivity contribution in [2.24, 2.45) is 10.4 Å². The number of rotatable bonds is 5. The van der Waals surface area contributed by atoms with Crippen molar-refractivity contribution in [2.75, 3.05) is 26.0 Å². The molecule has 0 radical (unpaired) electrons. The van der Waals surface area contributed by atoms with Gasteiger partial charge in [-0.15, -0.1) is 0 Å². The third kappa shape index (κ3) is 4.74. The van der Waals surface area contributed by atoms with Gasteiger partial charge < -0.3 is 10.1 Å². The Labute approximate surface area is 103 Å². The Morgan fingerprint density at radius 2 is 2.31 bits per heavy atom. The minimum Gasteiger partial charge on any atom is -0.383 e. The molecular formula is C12H24N2OS. The summed E-state index contributed by atoms with van der Waals surface area (Å²) in [6.45, 7) is 8.41. The normalized spacial score (nSPS) is 21.4. The highest BCUT2D eigenvalue weighted by Gasteiger charge is 2.24. The fourth-order valence-electron chi connectivity index (χ4n) is 1.65. The van der Waals surface area contributed by atoms with Crippen molar-refractivity contribution in [3.63, 3.8) is 0 Å². The molecule has 0 aliphatic carbocycles. The van der Waals surface area contributed by atoms with Crippen molar-refractivity contribution in [3.05, 3.63) is 0 Å². The number of hydrogen-bond donors (Lipinski definition) is 1. The van der Waals surface area contributed by atoms with Crippen LogP contribution in [0.5, 0.6) is 0 Å². The molecule has 1 N–H and O–H groups in total. The Morgan fingerprint density at radius 3 is 2.81 bits per heavy atom. The second-order valence-corrected chi connectivity index (χ2v) is 6.12. The Morgan fingerprint density at radius 1 is 1.56 bits per heavy atom. The van der Waals surface area contributed by atoms with Crippen LogP contribution in [0.15, 0.2) is 4.99 Å². The summed E-state index contributed by atoms with van der Waals surface area (Å²) in [6, 6.07) is 0.405. The highest BCUT2D eigenvalue weighted by molar-refractivity contribution is 8.13. The number of nitrogens with zero attached hydrogens (tertiary/aromatic N) is 1. The molecule has 0 amide bonds. The van der Waals surface area contributed by atoms with Gasteiger partial charge >= 0.3 is 0 Å². The van der Waals surface area contributed by atoms with Crippen LogP contribution in [0.1, 0.15) is 33.6 Å². The molecule has 0 spiro atoms. The van der Waals surface area contributed by atoms with Gasteiger partial charge in [0.25, 0.3) is 0 Å². The maximum absolute atomic E-state index is 5.21. The smallest absolute Gasteiger partial charge is 0.156 e. The van der Waals surface area contributed by atoms with E-state index in [9.17, 15) is 0 Å². The lowest BCUT2D eigenvalue weighted by Gasteiger charge is -2.29. The van der Waals surface area contributed by atoms with Crippen molar-refractivity contribution < 1.29 is 4.74 Å². The van der Waals surface area contributed by atoms with Gasteiger partial charge in [-0.05, 0) is 11.8 Å². The molecule has 0 aromatic rings. The molecule has 4 heteroatoms. The third-order valence-electron chi connectivity index (χ3n) is 2.58. The number of methoxy groups -OCH3 is 1.